The van der Waals surface area contributed by atoms with Gasteiger partial charge in [0, 0.05) is 5.92 Å². The van der Waals surface area contributed by atoms with Crippen LogP contribution in [-0.4, -0.2) is 22.1 Å². The predicted octanol–water partition coefficient (Wildman–Crippen LogP) is 3.01. The Balaban J connectivity index is 2.03. The fourth-order valence-electron chi connectivity index (χ4n) is 1.99. The number of anilines is 3. The van der Waals surface area contributed by atoms with Gasteiger partial charge in [0.15, 0.2) is 17.4 Å². The van der Waals surface area contributed by atoms with Crippen molar-refractivity contribution in [1.29, 1.82) is 0 Å². The average Bonchev–Trinajstić information content (AvgIpc) is 3.29. The minimum Gasteiger partial charge on any atom is -0.493 e. The lowest BCUT2D eigenvalue weighted by molar-refractivity contribution is 0.410. The number of nitrogens with zero attached hydrogens (tertiary/aromatic N) is 3. The van der Waals surface area contributed by atoms with Crippen LogP contribution in [0.1, 0.15) is 24.6 Å². The standard InChI is InChI=1S/C13H12ClF2N5O/c1-22-10-6(14)4-7(15)8(16)9(10)18-13-20-11(5-2-3-5)19-12(17)21-13/h4-5H,2-3H2,1H3,(H3,17,18,19,20,21). The third kappa shape index (κ3) is 2.74. The van der Waals surface area contributed by atoms with E-state index in [1.54, 1.807) is 0 Å². The molecule has 6 nitrogen and oxygen atoms in total. The van der Waals surface area contributed by atoms with Gasteiger partial charge < -0.3 is 15.8 Å². The molecule has 0 amide bonds. The molecule has 0 spiro atoms. The summed E-state index contributed by atoms with van der Waals surface area (Å²) in [5.41, 5.74) is 5.33. The number of aromatic nitrogens is 3. The van der Waals surface area contributed by atoms with Crippen molar-refractivity contribution in [3.63, 3.8) is 0 Å². The number of ether oxygens (including phenoxy) is 1. The first-order valence-electron chi connectivity index (χ1n) is 6.49. The lowest BCUT2D eigenvalue weighted by Crippen LogP contribution is -2.08. The Morgan fingerprint density at radius 2 is 2.05 bits per heavy atom. The summed E-state index contributed by atoms with van der Waals surface area (Å²) in [5, 5.41) is 2.49. The van der Waals surface area contributed by atoms with Gasteiger partial charge in [-0.15, -0.1) is 0 Å². The second kappa shape index (κ2) is 5.53. The molecule has 2 aromatic rings. The summed E-state index contributed by atoms with van der Waals surface area (Å²) in [6.07, 6.45) is 1.93. The minimum atomic E-state index is -1.15. The zero-order chi connectivity index (χ0) is 15.9. The first-order valence-corrected chi connectivity index (χ1v) is 6.87. The molecule has 1 aromatic carbocycles. The average molecular weight is 328 g/mol. The van der Waals surface area contributed by atoms with Crippen molar-refractivity contribution in [2.24, 2.45) is 0 Å². The van der Waals surface area contributed by atoms with Crippen LogP contribution in [-0.2, 0) is 0 Å². The van der Waals surface area contributed by atoms with Crippen LogP contribution in [0.3, 0.4) is 0 Å². The van der Waals surface area contributed by atoms with Gasteiger partial charge in [-0.2, -0.15) is 15.0 Å². The maximum Gasteiger partial charge on any atom is 0.232 e. The van der Waals surface area contributed by atoms with Crippen LogP contribution in [0.4, 0.5) is 26.4 Å². The Morgan fingerprint density at radius 1 is 1.32 bits per heavy atom. The normalized spacial score (nSPS) is 14.0. The van der Waals surface area contributed by atoms with Crippen LogP contribution in [0, 0.1) is 11.6 Å². The topological polar surface area (TPSA) is 86.0 Å². The summed E-state index contributed by atoms with van der Waals surface area (Å²) in [6, 6.07) is 0.832. The van der Waals surface area contributed by atoms with Gasteiger partial charge in [0.25, 0.3) is 0 Å². The van der Waals surface area contributed by atoms with Gasteiger partial charge in [-0.3, -0.25) is 0 Å². The molecule has 1 aliphatic carbocycles. The molecular formula is C13H12ClF2N5O. The lowest BCUT2D eigenvalue weighted by Gasteiger charge is -2.13. The first-order chi connectivity index (χ1) is 10.5. The van der Waals surface area contributed by atoms with E-state index in [9.17, 15) is 8.78 Å². The molecule has 1 aliphatic rings. The maximum atomic E-state index is 14.0. The molecule has 1 fully saturated rings. The zero-order valence-corrected chi connectivity index (χ0v) is 12.3. The van der Waals surface area contributed by atoms with Gasteiger partial charge in [-0.1, -0.05) is 11.6 Å². The van der Waals surface area contributed by atoms with E-state index in [-0.39, 0.29) is 34.3 Å². The molecular weight excluding hydrogens is 316 g/mol. The van der Waals surface area contributed by atoms with Gasteiger partial charge in [0.05, 0.1) is 12.1 Å². The van der Waals surface area contributed by atoms with Crippen molar-refractivity contribution >= 4 is 29.2 Å². The predicted molar refractivity (Wildman–Crippen MR) is 77.4 cm³/mol. The number of methoxy groups -OCH3 is 1. The molecule has 0 aliphatic heterocycles. The molecule has 1 saturated carbocycles. The molecule has 9 heteroatoms. The lowest BCUT2D eigenvalue weighted by atomic mass is 10.2. The van der Waals surface area contributed by atoms with E-state index in [1.807, 2.05) is 0 Å². The van der Waals surface area contributed by atoms with E-state index in [4.69, 9.17) is 22.1 Å². The summed E-state index contributed by atoms with van der Waals surface area (Å²) in [7, 11) is 1.29. The van der Waals surface area contributed by atoms with Gasteiger partial charge in [0.1, 0.15) is 11.5 Å². The summed E-state index contributed by atoms with van der Waals surface area (Å²) in [6.45, 7) is 0. The monoisotopic (exact) mass is 327 g/mol. The van der Waals surface area contributed by atoms with Crippen LogP contribution >= 0.6 is 11.6 Å². The van der Waals surface area contributed by atoms with Crippen LogP contribution < -0.4 is 15.8 Å². The van der Waals surface area contributed by atoms with Crippen molar-refractivity contribution in [2.45, 2.75) is 18.8 Å². The number of hydrogen-bond donors (Lipinski definition) is 2. The number of rotatable bonds is 4. The third-order valence-electron chi connectivity index (χ3n) is 3.18. The van der Waals surface area contributed by atoms with Crippen LogP contribution in [0.15, 0.2) is 6.07 Å². The Labute approximate surface area is 129 Å². The fraction of sp³-hybridized carbons (Fsp3) is 0.308. The van der Waals surface area contributed by atoms with Crippen LogP contribution in [0.5, 0.6) is 5.75 Å². The second-order valence-corrected chi connectivity index (χ2v) is 5.24. The Bertz CT molecular complexity index is 739. The summed E-state index contributed by atoms with van der Waals surface area (Å²) in [4.78, 5) is 12.1. The van der Waals surface area contributed by atoms with Gasteiger partial charge >= 0.3 is 0 Å². The number of nitrogen functional groups attached to an aromatic ring is 1. The minimum absolute atomic E-state index is 0.00118. The molecule has 0 radical (unpaired) electrons. The van der Waals surface area contributed by atoms with E-state index >= 15 is 0 Å². The number of benzene rings is 1. The fourth-order valence-corrected chi connectivity index (χ4v) is 2.26. The Hall–Kier alpha value is -2.22. The first kappa shape index (κ1) is 14.7. The molecule has 0 atom stereocenters. The van der Waals surface area contributed by atoms with Crippen LogP contribution in [0.25, 0.3) is 0 Å². The van der Waals surface area contributed by atoms with E-state index < -0.39 is 11.6 Å². The molecule has 116 valence electrons. The Morgan fingerprint density at radius 3 is 2.68 bits per heavy atom. The highest BCUT2D eigenvalue weighted by atomic mass is 35.5. The number of nitrogens with one attached hydrogen (secondary N) is 1. The van der Waals surface area contributed by atoms with E-state index in [1.165, 1.54) is 7.11 Å². The van der Waals surface area contributed by atoms with Gasteiger partial charge in [-0.05, 0) is 18.9 Å². The molecule has 0 saturated heterocycles. The third-order valence-corrected chi connectivity index (χ3v) is 3.46. The van der Waals surface area contributed by atoms with Crippen molar-refractivity contribution in [3.05, 3.63) is 28.5 Å². The molecule has 3 N–H and O–H groups in total. The Kier molecular flexibility index (Phi) is 3.69. The molecule has 22 heavy (non-hydrogen) atoms. The van der Waals surface area contributed by atoms with Gasteiger partial charge in [0.2, 0.25) is 11.9 Å². The summed E-state index contributed by atoms with van der Waals surface area (Å²) in [5.74, 6) is -1.54. The quantitative estimate of drug-likeness (QED) is 0.839. The number of halogens is 3. The van der Waals surface area contributed by atoms with Gasteiger partial charge in [-0.25, -0.2) is 8.78 Å². The SMILES string of the molecule is COc1c(Cl)cc(F)c(F)c1Nc1nc(N)nc(C2CC2)n1. The second-order valence-electron chi connectivity index (χ2n) is 4.84. The van der Waals surface area contributed by atoms with E-state index in [0.29, 0.717) is 5.82 Å². The van der Waals surface area contributed by atoms with Crippen molar-refractivity contribution in [1.82, 2.24) is 15.0 Å². The highest BCUT2D eigenvalue weighted by Crippen LogP contribution is 2.40. The highest BCUT2D eigenvalue weighted by molar-refractivity contribution is 6.32. The van der Waals surface area contributed by atoms with Crippen molar-refractivity contribution in [3.8, 4) is 5.75 Å². The van der Waals surface area contributed by atoms with Crippen LogP contribution in [0.2, 0.25) is 5.02 Å². The molecule has 3 rings (SSSR count). The molecule has 0 unspecified atom stereocenters. The molecule has 1 aromatic heterocycles. The highest BCUT2D eigenvalue weighted by Gasteiger charge is 2.28. The summed E-state index contributed by atoms with van der Waals surface area (Å²) >= 11 is 5.85. The smallest absolute Gasteiger partial charge is 0.232 e. The number of hydrogen-bond acceptors (Lipinski definition) is 6. The largest absolute Gasteiger partial charge is 0.493 e. The van der Waals surface area contributed by atoms with Crippen molar-refractivity contribution in [2.75, 3.05) is 18.2 Å². The van der Waals surface area contributed by atoms with E-state index in [0.717, 1.165) is 18.9 Å². The maximum absolute atomic E-state index is 14.0. The van der Waals surface area contributed by atoms with Crippen molar-refractivity contribution < 1.29 is 13.5 Å². The zero-order valence-electron chi connectivity index (χ0n) is 11.5. The number of nitrogens with two attached hydrogens (primary N) is 1. The molecule has 1 heterocycles. The molecule has 0 bridgehead atoms. The summed E-state index contributed by atoms with van der Waals surface area (Å²) < 4.78 is 32.5. The van der Waals surface area contributed by atoms with E-state index in [2.05, 4.69) is 20.3 Å².